The standard InChI is InChI=1S/C23H30F3N5O3/c1-14-8-9-17(31-13-28-20(29-31)23(24,25)26)16(11-14)19(32)30-10-6-7-15(2)18(30)12-27-21(33)34-22(3,4)5/h8-9,11,13,15,18H,6-7,10,12H2,1-5H3,(H,27,33)/t15-,18-/m1/s1. The Hall–Kier alpha value is -3.11. The molecule has 0 spiro atoms. The predicted octanol–water partition coefficient (Wildman–Crippen LogP) is 4.36. The molecule has 1 aromatic carbocycles. The fourth-order valence-corrected chi connectivity index (χ4v) is 4.00. The van der Waals surface area contributed by atoms with E-state index in [0.717, 1.165) is 29.4 Å². The number of piperidine rings is 1. The lowest BCUT2D eigenvalue weighted by molar-refractivity contribution is -0.144. The normalized spacial score (nSPS) is 19.1. The predicted molar refractivity (Wildman–Crippen MR) is 119 cm³/mol. The van der Waals surface area contributed by atoms with Gasteiger partial charge in [-0.2, -0.15) is 13.2 Å². The summed E-state index contributed by atoms with van der Waals surface area (Å²) in [5.74, 6) is -1.52. The molecular weight excluding hydrogens is 451 g/mol. The fraction of sp³-hybridized carbons (Fsp3) is 0.565. The van der Waals surface area contributed by atoms with E-state index in [0.29, 0.717) is 6.54 Å². The number of aromatic nitrogens is 3. The SMILES string of the molecule is Cc1ccc(-n2cnc(C(F)(F)F)n2)c(C(=O)N2CCC[C@@H](C)[C@H]2CNC(=O)OC(C)(C)C)c1. The number of nitrogens with zero attached hydrogens (tertiary/aromatic N) is 4. The molecule has 3 rings (SSSR count). The van der Waals surface area contributed by atoms with Crippen molar-refractivity contribution >= 4 is 12.0 Å². The number of hydrogen-bond donors (Lipinski definition) is 1. The molecule has 1 aromatic heterocycles. The van der Waals surface area contributed by atoms with Crippen LogP contribution in [0.2, 0.25) is 0 Å². The quantitative estimate of drug-likeness (QED) is 0.701. The average Bonchev–Trinajstić information content (AvgIpc) is 3.21. The first-order valence-corrected chi connectivity index (χ1v) is 11.1. The molecule has 0 radical (unpaired) electrons. The molecule has 0 unspecified atom stereocenters. The maximum Gasteiger partial charge on any atom is 0.453 e. The minimum Gasteiger partial charge on any atom is -0.444 e. The van der Waals surface area contributed by atoms with Gasteiger partial charge in [0.05, 0.1) is 17.3 Å². The van der Waals surface area contributed by atoms with E-state index in [9.17, 15) is 22.8 Å². The van der Waals surface area contributed by atoms with E-state index in [4.69, 9.17) is 4.74 Å². The number of hydrogen-bond acceptors (Lipinski definition) is 5. The highest BCUT2D eigenvalue weighted by Crippen LogP contribution is 2.29. The number of benzene rings is 1. The van der Waals surface area contributed by atoms with E-state index in [1.54, 1.807) is 50.8 Å². The highest BCUT2D eigenvalue weighted by molar-refractivity contribution is 5.98. The number of nitrogens with one attached hydrogen (secondary N) is 1. The summed E-state index contributed by atoms with van der Waals surface area (Å²) >= 11 is 0. The Bertz CT molecular complexity index is 1050. The average molecular weight is 482 g/mol. The molecular formula is C23H30F3N5O3. The highest BCUT2D eigenvalue weighted by Gasteiger charge is 2.37. The first kappa shape index (κ1) is 25.5. The molecule has 0 bridgehead atoms. The van der Waals surface area contributed by atoms with Gasteiger partial charge in [0.25, 0.3) is 11.7 Å². The number of alkyl halides is 3. The second-order valence-electron chi connectivity index (χ2n) is 9.60. The minimum absolute atomic E-state index is 0.101. The molecule has 1 saturated heterocycles. The van der Waals surface area contributed by atoms with Crippen molar-refractivity contribution in [2.24, 2.45) is 5.92 Å². The number of carbonyl (C=O) groups excluding carboxylic acids is 2. The Morgan fingerprint density at radius 1 is 1.24 bits per heavy atom. The molecule has 0 saturated carbocycles. The van der Waals surface area contributed by atoms with Crippen molar-refractivity contribution in [2.45, 2.75) is 65.3 Å². The Labute approximate surface area is 196 Å². The third-order valence-corrected chi connectivity index (χ3v) is 5.61. The Morgan fingerprint density at radius 2 is 1.94 bits per heavy atom. The van der Waals surface area contributed by atoms with Crippen LogP contribution in [-0.4, -0.2) is 56.4 Å². The third-order valence-electron chi connectivity index (χ3n) is 5.61. The summed E-state index contributed by atoms with van der Waals surface area (Å²) in [4.78, 5) is 30.9. The molecule has 8 nitrogen and oxygen atoms in total. The monoisotopic (exact) mass is 481 g/mol. The summed E-state index contributed by atoms with van der Waals surface area (Å²) in [5, 5.41) is 6.28. The number of amides is 2. The molecule has 2 atom stereocenters. The molecule has 1 aliphatic heterocycles. The molecule has 186 valence electrons. The maximum atomic E-state index is 13.7. The summed E-state index contributed by atoms with van der Waals surface area (Å²) in [7, 11) is 0. The van der Waals surface area contributed by atoms with Crippen molar-refractivity contribution in [3.05, 3.63) is 41.5 Å². The Balaban J connectivity index is 1.88. The van der Waals surface area contributed by atoms with E-state index >= 15 is 0 Å². The van der Waals surface area contributed by atoms with Crippen molar-refractivity contribution in [1.82, 2.24) is 25.0 Å². The number of likely N-dealkylation sites (tertiary alicyclic amines) is 1. The lowest BCUT2D eigenvalue weighted by atomic mass is 9.90. The number of ether oxygens (including phenoxy) is 1. The van der Waals surface area contributed by atoms with Crippen LogP contribution in [0.3, 0.4) is 0 Å². The largest absolute Gasteiger partial charge is 0.453 e. The van der Waals surface area contributed by atoms with Crippen molar-refractivity contribution in [3.8, 4) is 5.69 Å². The molecule has 2 amide bonds. The van der Waals surface area contributed by atoms with Gasteiger partial charge in [-0.15, -0.1) is 5.10 Å². The molecule has 0 aliphatic carbocycles. The molecule has 34 heavy (non-hydrogen) atoms. The van der Waals surface area contributed by atoms with E-state index in [-0.39, 0.29) is 35.7 Å². The Kier molecular flexibility index (Phi) is 7.23. The fourth-order valence-electron chi connectivity index (χ4n) is 4.00. The van der Waals surface area contributed by atoms with E-state index in [1.165, 1.54) is 0 Å². The van der Waals surface area contributed by atoms with Crippen molar-refractivity contribution in [2.75, 3.05) is 13.1 Å². The molecule has 1 aliphatic rings. The number of aryl methyl sites for hydroxylation is 1. The smallest absolute Gasteiger partial charge is 0.444 e. The highest BCUT2D eigenvalue weighted by atomic mass is 19.4. The van der Waals surface area contributed by atoms with E-state index in [2.05, 4.69) is 15.4 Å². The van der Waals surface area contributed by atoms with Crippen LogP contribution in [0.25, 0.3) is 5.69 Å². The van der Waals surface area contributed by atoms with Gasteiger partial charge < -0.3 is 15.0 Å². The zero-order chi connectivity index (χ0) is 25.3. The zero-order valence-electron chi connectivity index (χ0n) is 19.9. The van der Waals surface area contributed by atoms with Crippen LogP contribution in [0.4, 0.5) is 18.0 Å². The molecule has 2 heterocycles. The van der Waals surface area contributed by atoms with Gasteiger partial charge in [-0.05, 0) is 58.6 Å². The van der Waals surface area contributed by atoms with Crippen LogP contribution in [-0.2, 0) is 10.9 Å². The van der Waals surface area contributed by atoms with Gasteiger partial charge in [-0.25, -0.2) is 14.5 Å². The van der Waals surface area contributed by atoms with Crippen molar-refractivity contribution in [1.29, 1.82) is 0 Å². The summed E-state index contributed by atoms with van der Waals surface area (Å²) < 4.78 is 45.3. The number of alkyl carbamates (subject to hydrolysis) is 1. The lowest BCUT2D eigenvalue weighted by Gasteiger charge is -2.40. The number of carbonyl (C=O) groups is 2. The second-order valence-corrected chi connectivity index (χ2v) is 9.60. The van der Waals surface area contributed by atoms with Gasteiger partial charge in [0, 0.05) is 13.1 Å². The zero-order valence-corrected chi connectivity index (χ0v) is 19.9. The van der Waals surface area contributed by atoms with Crippen LogP contribution in [0, 0.1) is 12.8 Å². The lowest BCUT2D eigenvalue weighted by Crippen LogP contribution is -2.53. The van der Waals surface area contributed by atoms with Gasteiger partial charge in [-0.1, -0.05) is 18.6 Å². The third kappa shape index (κ3) is 6.06. The maximum absolute atomic E-state index is 13.7. The summed E-state index contributed by atoms with van der Waals surface area (Å²) in [6, 6.07) is 4.58. The number of halogens is 3. The van der Waals surface area contributed by atoms with Crippen LogP contribution in [0.15, 0.2) is 24.5 Å². The minimum atomic E-state index is -4.69. The molecule has 2 aromatic rings. The summed E-state index contributed by atoms with van der Waals surface area (Å²) in [6.07, 6.45) is -2.66. The van der Waals surface area contributed by atoms with Gasteiger partial charge in [0.2, 0.25) is 0 Å². The van der Waals surface area contributed by atoms with E-state index in [1.807, 2.05) is 6.92 Å². The van der Waals surface area contributed by atoms with Gasteiger partial charge in [0.1, 0.15) is 11.9 Å². The van der Waals surface area contributed by atoms with Gasteiger partial charge in [-0.3, -0.25) is 4.79 Å². The van der Waals surface area contributed by atoms with Crippen molar-refractivity contribution in [3.63, 3.8) is 0 Å². The van der Waals surface area contributed by atoms with Crippen LogP contribution in [0.1, 0.15) is 62.3 Å². The first-order chi connectivity index (χ1) is 15.8. The second kappa shape index (κ2) is 9.63. The molecule has 11 heteroatoms. The van der Waals surface area contributed by atoms with Crippen LogP contribution < -0.4 is 5.32 Å². The number of rotatable bonds is 4. The molecule has 1 fully saturated rings. The van der Waals surface area contributed by atoms with Gasteiger partial charge >= 0.3 is 12.3 Å². The van der Waals surface area contributed by atoms with Crippen molar-refractivity contribution < 1.29 is 27.5 Å². The molecule has 1 N–H and O–H groups in total. The summed E-state index contributed by atoms with van der Waals surface area (Å²) in [6.45, 7) is 9.75. The topological polar surface area (TPSA) is 89.4 Å². The Morgan fingerprint density at radius 3 is 2.56 bits per heavy atom. The summed E-state index contributed by atoms with van der Waals surface area (Å²) in [5.41, 5.74) is 0.545. The van der Waals surface area contributed by atoms with Crippen LogP contribution >= 0.6 is 0 Å². The van der Waals surface area contributed by atoms with E-state index < -0.39 is 23.7 Å². The van der Waals surface area contributed by atoms with Crippen LogP contribution in [0.5, 0.6) is 0 Å². The van der Waals surface area contributed by atoms with Gasteiger partial charge in [0.15, 0.2) is 0 Å². The first-order valence-electron chi connectivity index (χ1n) is 11.1.